The van der Waals surface area contributed by atoms with E-state index < -0.39 is 0 Å². The number of carbonyl (C=O) groups excluding carboxylic acids is 1. The van der Waals surface area contributed by atoms with E-state index in [4.69, 9.17) is 5.26 Å². The Hall–Kier alpha value is -1.38. The molecule has 2 aromatic heterocycles. The average molecular weight is 223 g/mol. The fourth-order valence-electron chi connectivity index (χ4n) is 1.15. The summed E-state index contributed by atoms with van der Waals surface area (Å²) in [5, 5.41) is 11.3. The molecule has 3 nitrogen and oxygen atoms in total. The van der Waals surface area contributed by atoms with Gasteiger partial charge in [0.05, 0.1) is 16.7 Å². The van der Waals surface area contributed by atoms with Crippen LogP contribution < -0.4 is 0 Å². The lowest BCUT2D eigenvalue weighted by molar-refractivity contribution is 0.0603. The van der Waals surface area contributed by atoms with Crippen LogP contribution in [0.2, 0.25) is 0 Å². The Morgan fingerprint density at radius 3 is 3.07 bits per heavy atom. The van der Waals surface area contributed by atoms with E-state index in [9.17, 15) is 4.79 Å². The van der Waals surface area contributed by atoms with Crippen LogP contribution in [0.3, 0.4) is 0 Å². The highest BCUT2D eigenvalue weighted by Gasteiger charge is 2.14. The first-order valence-corrected chi connectivity index (χ1v) is 5.45. The van der Waals surface area contributed by atoms with Crippen LogP contribution in [0.25, 0.3) is 9.40 Å². The Kier molecular flexibility index (Phi) is 2.23. The van der Waals surface area contributed by atoms with Crippen molar-refractivity contribution in [2.45, 2.75) is 0 Å². The van der Waals surface area contributed by atoms with Crippen LogP contribution in [0.15, 0.2) is 11.4 Å². The zero-order valence-corrected chi connectivity index (χ0v) is 8.87. The van der Waals surface area contributed by atoms with Gasteiger partial charge < -0.3 is 4.74 Å². The fourth-order valence-corrected chi connectivity index (χ4v) is 3.20. The molecule has 0 spiro atoms. The lowest BCUT2D eigenvalue weighted by Gasteiger charge is -1.93. The first-order chi connectivity index (χ1) is 6.76. The summed E-state index contributed by atoms with van der Waals surface area (Å²) in [6, 6.07) is 3.78. The maximum Gasteiger partial charge on any atom is 0.339 e. The zero-order valence-electron chi connectivity index (χ0n) is 7.23. The minimum absolute atomic E-state index is 0.349. The van der Waals surface area contributed by atoms with Crippen LogP contribution in [0.1, 0.15) is 15.2 Å². The number of nitrogens with zero attached hydrogens (tertiary/aromatic N) is 1. The van der Waals surface area contributed by atoms with Crippen LogP contribution in [-0.2, 0) is 4.74 Å². The summed E-state index contributed by atoms with van der Waals surface area (Å²) in [6.45, 7) is 0. The van der Waals surface area contributed by atoms with Crippen molar-refractivity contribution in [2.24, 2.45) is 0 Å². The molecule has 0 unspecified atom stereocenters. The molecule has 2 heterocycles. The quantitative estimate of drug-likeness (QED) is 0.698. The molecule has 0 N–H and O–H groups in total. The van der Waals surface area contributed by atoms with Gasteiger partial charge in [0.1, 0.15) is 10.9 Å². The SMILES string of the molecule is COC(=O)c1csc2sc(C#N)cc12. The molecule has 70 valence electrons. The molecule has 0 bridgehead atoms. The van der Waals surface area contributed by atoms with E-state index in [2.05, 4.69) is 10.8 Å². The summed E-state index contributed by atoms with van der Waals surface area (Å²) >= 11 is 2.86. The van der Waals surface area contributed by atoms with Crippen LogP contribution >= 0.6 is 22.7 Å². The van der Waals surface area contributed by atoms with Crippen LogP contribution in [0.5, 0.6) is 0 Å². The second-order valence-electron chi connectivity index (χ2n) is 2.56. The predicted octanol–water partition coefficient (Wildman–Crippen LogP) is 2.62. The molecule has 0 radical (unpaired) electrons. The third-order valence-corrected chi connectivity index (χ3v) is 3.95. The summed E-state index contributed by atoms with van der Waals surface area (Å²) < 4.78 is 5.62. The molecule has 0 atom stereocenters. The molecule has 14 heavy (non-hydrogen) atoms. The van der Waals surface area contributed by atoms with Gasteiger partial charge in [-0.3, -0.25) is 0 Å². The molecule has 2 aromatic rings. The number of rotatable bonds is 1. The van der Waals surface area contributed by atoms with E-state index in [1.807, 2.05) is 0 Å². The summed E-state index contributed by atoms with van der Waals surface area (Å²) in [5.41, 5.74) is 0.547. The molecule has 2 rings (SSSR count). The molecule has 5 heteroatoms. The van der Waals surface area contributed by atoms with Crippen molar-refractivity contribution in [1.29, 1.82) is 5.26 Å². The Morgan fingerprint density at radius 2 is 2.43 bits per heavy atom. The molecule has 0 aliphatic carbocycles. The summed E-state index contributed by atoms with van der Waals surface area (Å²) in [4.78, 5) is 11.9. The van der Waals surface area contributed by atoms with Gasteiger partial charge >= 0.3 is 5.97 Å². The van der Waals surface area contributed by atoms with E-state index in [1.54, 1.807) is 11.4 Å². The maximum atomic E-state index is 11.3. The van der Waals surface area contributed by atoms with Crippen LogP contribution in [0.4, 0.5) is 0 Å². The van der Waals surface area contributed by atoms with Gasteiger partial charge in [-0.25, -0.2) is 4.79 Å². The first-order valence-electron chi connectivity index (χ1n) is 3.75. The van der Waals surface area contributed by atoms with Crippen molar-refractivity contribution in [1.82, 2.24) is 0 Å². The van der Waals surface area contributed by atoms with Gasteiger partial charge in [0.25, 0.3) is 0 Å². The van der Waals surface area contributed by atoms with Crippen molar-refractivity contribution in [3.05, 3.63) is 21.9 Å². The molecular weight excluding hydrogens is 218 g/mol. The zero-order chi connectivity index (χ0) is 10.1. The van der Waals surface area contributed by atoms with Crippen molar-refractivity contribution in [3.63, 3.8) is 0 Å². The van der Waals surface area contributed by atoms with E-state index >= 15 is 0 Å². The minimum Gasteiger partial charge on any atom is -0.465 e. The van der Waals surface area contributed by atoms with Gasteiger partial charge in [0.2, 0.25) is 0 Å². The smallest absolute Gasteiger partial charge is 0.339 e. The van der Waals surface area contributed by atoms with Crippen LogP contribution in [0, 0.1) is 11.3 Å². The monoisotopic (exact) mass is 223 g/mol. The van der Waals surface area contributed by atoms with Crippen molar-refractivity contribution < 1.29 is 9.53 Å². The molecule has 0 amide bonds. The van der Waals surface area contributed by atoms with E-state index in [-0.39, 0.29) is 5.97 Å². The van der Waals surface area contributed by atoms with Gasteiger partial charge in [-0.05, 0) is 6.07 Å². The highest BCUT2D eigenvalue weighted by Crippen LogP contribution is 2.33. The fraction of sp³-hybridized carbons (Fsp3) is 0.111. The summed E-state index contributed by atoms with van der Waals surface area (Å²) in [7, 11) is 1.35. The van der Waals surface area contributed by atoms with Crippen LogP contribution in [-0.4, -0.2) is 13.1 Å². The lowest BCUT2D eigenvalue weighted by atomic mass is 10.2. The summed E-state index contributed by atoms with van der Waals surface area (Å²) in [5.74, 6) is -0.349. The second-order valence-corrected chi connectivity index (χ2v) is 4.75. The first kappa shape index (κ1) is 9.19. The normalized spacial score (nSPS) is 10.0. The van der Waals surface area contributed by atoms with Gasteiger partial charge in [-0.1, -0.05) is 0 Å². The highest BCUT2D eigenvalue weighted by atomic mass is 32.2. The Balaban J connectivity index is 2.62. The number of carbonyl (C=O) groups is 1. The van der Waals surface area contributed by atoms with Gasteiger partial charge in [0, 0.05) is 10.8 Å². The lowest BCUT2D eigenvalue weighted by Crippen LogP contribution is -1.98. The second kappa shape index (κ2) is 3.40. The molecule has 0 aromatic carbocycles. The molecule has 0 saturated heterocycles. The Labute approximate surface area is 88.2 Å². The third kappa shape index (κ3) is 1.29. The molecule has 0 fully saturated rings. The Morgan fingerprint density at radius 1 is 1.64 bits per heavy atom. The van der Waals surface area contributed by atoms with E-state index in [0.29, 0.717) is 10.4 Å². The summed E-state index contributed by atoms with van der Waals surface area (Å²) in [6.07, 6.45) is 0. The third-order valence-electron chi connectivity index (χ3n) is 1.79. The minimum atomic E-state index is -0.349. The van der Waals surface area contributed by atoms with Crippen molar-refractivity contribution in [2.75, 3.05) is 7.11 Å². The molecule has 0 saturated carbocycles. The number of thiophene rings is 2. The number of esters is 1. The van der Waals surface area contributed by atoms with Gasteiger partial charge in [-0.2, -0.15) is 5.26 Å². The van der Waals surface area contributed by atoms with E-state index in [1.165, 1.54) is 29.8 Å². The van der Waals surface area contributed by atoms with Crippen molar-refractivity contribution in [3.8, 4) is 6.07 Å². The Bertz CT molecular complexity index is 532. The number of hydrogen-bond donors (Lipinski definition) is 0. The molecule has 0 aliphatic heterocycles. The predicted molar refractivity (Wildman–Crippen MR) is 55.8 cm³/mol. The van der Waals surface area contributed by atoms with Gasteiger partial charge in [-0.15, -0.1) is 22.7 Å². The van der Waals surface area contributed by atoms with Crippen molar-refractivity contribution >= 4 is 38.0 Å². The maximum absolute atomic E-state index is 11.3. The number of methoxy groups -OCH3 is 1. The number of ether oxygens (including phenoxy) is 1. The topological polar surface area (TPSA) is 50.1 Å². The number of fused-ring (bicyclic) bond motifs is 1. The molecular formula is C9H5NO2S2. The van der Waals surface area contributed by atoms with Gasteiger partial charge in [0.15, 0.2) is 0 Å². The standard InChI is InChI=1S/C9H5NO2S2/c1-12-8(11)7-4-13-9-6(7)2-5(3-10)14-9/h2,4H,1H3. The average Bonchev–Trinajstić information content (AvgIpc) is 2.74. The highest BCUT2D eigenvalue weighted by molar-refractivity contribution is 7.38. The number of hydrogen-bond acceptors (Lipinski definition) is 5. The van der Waals surface area contributed by atoms with E-state index in [0.717, 1.165) is 9.40 Å². The molecule has 0 aliphatic rings. The number of nitriles is 1. The largest absolute Gasteiger partial charge is 0.465 e.